The highest BCUT2D eigenvalue weighted by atomic mass is 35.5. The Morgan fingerprint density at radius 1 is 0.952 bits per heavy atom. The zero-order valence-corrected chi connectivity index (χ0v) is 12.7. The van der Waals surface area contributed by atoms with Gasteiger partial charge in [0.1, 0.15) is 22.3 Å². The zero-order valence-electron chi connectivity index (χ0n) is 12.0. The predicted molar refractivity (Wildman–Crippen MR) is 81.9 cm³/mol. The maximum atomic E-state index is 11.1. The lowest BCUT2D eigenvalue weighted by Gasteiger charge is -2.14. The van der Waals surface area contributed by atoms with Crippen molar-refractivity contribution >= 4 is 17.9 Å². The number of carbonyl (C=O) groups is 1. The van der Waals surface area contributed by atoms with Gasteiger partial charge in [-0.25, -0.2) is 0 Å². The van der Waals surface area contributed by atoms with E-state index in [1.165, 1.54) is 21.3 Å². The summed E-state index contributed by atoms with van der Waals surface area (Å²) in [5.41, 5.74) is 2.04. The standard InChI is InChI=1S/C16H15ClO4/c1-19-13-6-4-10(8-11(13)9-18)12-5-7-14(20-2)15(17)16(12)21-3/h4-9H,1-3H3. The first-order valence-electron chi connectivity index (χ1n) is 6.20. The number of hydrogen-bond donors (Lipinski definition) is 0. The van der Waals surface area contributed by atoms with Gasteiger partial charge in [-0.1, -0.05) is 17.7 Å². The fourth-order valence-electron chi connectivity index (χ4n) is 2.12. The molecule has 0 N–H and O–H groups in total. The van der Waals surface area contributed by atoms with Crippen LogP contribution in [0.25, 0.3) is 11.1 Å². The van der Waals surface area contributed by atoms with Gasteiger partial charge >= 0.3 is 0 Å². The van der Waals surface area contributed by atoms with E-state index in [0.29, 0.717) is 27.8 Å². The van der Waals surface area contributed by atoms with Crippen molar-refractivity contribution in [2.75, 3.05) is 21.3 Å². The lowest BCUT2D eigenvalue weighted by atomic mass is 10.0. The third-order valence-electron chi connectivity index (χ3n) is 3.15. The third kappa shape index (κ3) is 2.81. The van der Waals surface area contributed by atoms with Crippen molar-refractivity contribution in [3.8, 4) is 28.4 Å². The van der Waals surface area contributed by atoms with E-state index in [2.05, 4.69) is 0 Å². The smallest absolute Gasteiger partial charge is 0.153 e. The Labute approximate surface area is 128 Å². The van der Waals surface area contributed by atoms with Crippen molar-refractivity contribution in [1.29, 1.82) is 0 Å². The summed E-state index contributed by atoms with van der Waals surface area (Å²) < 4.78 is 15.7. The molecule has 0 spiro atoms. The van der Waals surface area contributed by atoms with E-state index in [4.69, 9.17) is 25.8 Å². The maximum absolute atomic E-state index is 11.1. The van der Waals surface area contributed by atoms with Gasteiger partial charge in [0, 0.05) is 5.56 Å². The SMILES string of the molecule is COc1ccc(-c2ccc(OC)c(Cl)c2OC)cc1C=O. The molecular weight excluding hydrogens is 292 g/mol. The van der Waals surface area contributed by atoms with E-state index >= 15 is 0 Å². The number of rotatable bonds is 5. The Balaban J connectivity index is 2.61. The van der Waals surface area contributed by atoms with Crippen molar-refractivity contribution in [2.24, 2.45) is 0 Å². The Bertz CT molecular complexity index is 668. The molecule has 110 valence electrons. The first-order chi connectivity index (χ1) is 10.2. The van der Waals surface area contributed by atoms with Crippen LogP contribution in [0.2, 0.25) is 5.02 Å². The van der Waals surface area contributed by atoms with Gasteiger partial charge in [-0.05, 0) is 29.8 Å². The summed E-state index contributed by atoms with van der Waals surface area (Å²) in [5, 5.41) is 0.390. The molecule has 0 atom stereocenters. The lowest BCUT2D eigenvalue weighted by Crippen LogP contribution is -1.95. The minimum Gasteiger partial charge on any atom is -0.496 e. The number of halogens is 1. The Morgan fingerprint density at radius 2 is 1.62 bits per heavy atom. The topological polar surface area (TPSA) is 44.8 Å². The second-order valence-electron chi connectivity index (χ2n) is 4.24. The maximum Gasteiger partial charge on any atom is 0.153 e. The molecule has 0 aliphatic rings. The second-order valence-corrected chi connectivity index (χ2v) is 4.62. The molecule has 0 aliphatic carbocycles. The summed E-state index contributed by atoms with van der Waals surface area (Å²) in [7, 11) is 4.60. The van der Waals surface area contributed by atoms with Gasteiger partial charge in [-0.15, -0.1) is 0 Å². The van der Waals surface area contributed by atoms with Crippen molar-refractivity contribution in [3.05, 3.63) is 40.9 Å². The van der Waals surface area contributed by atoms with Gasteiger partial charge in [-0.2, -0.15) is 0 Å². The van der Waals surface area contributed by atoms with E-state index in [1.54, 1.807) is 18.2 Å². The molecular formula is C16H15ClO4. The summed E-state index contributed by atoms with van der Waals surface area (Å²) in [4.78, 5) is 11.1. The monoisotopic (exact) mass is 306 g/mol. The van der Waals surface area contributed by atoms with Crippen molar-refractivity contribution in [1.82, 2.24) is 0 Å². The summed E-state index contributed by atoms with van der Waals surface area (Å²) in [5.74, 6) is 1.55. The summed E-state index contributed by atoms with van der Waals surface area (Å²) in [6, 6.07) is 8.89. The quantitative estimate of drug-likeness (QED) is 0.787. The summed E-state index contributed by atoms with van der Waals surface area (Å²) in [6.07, 6.45) is 0.750. The van der Waals surface area contributed by atoms with Gasteiger partial charge < -0.3 is 14.2 Å². The van der Waals surface area contributed by atoms with Crippen LogP contribution >= 0.6 is 11.6 Å². The van der Waals surface area contributed by atoms with Crippen LogP contribution in [-0.2, 0) is 0 Å². The van der Waals surface area contributed by atoms with Crippen LogP contribution in [0.3, 0.4) is 0 Å². The van der Waals surface area contributed by atoms with Gasteiger partial charge in [0.15, 0.2) is 6.29 Å². The first-order valence-corrected chi connectivity index (χ1v) is 6.58. The van der Waals surface area contributed by atoms with E-state index in [9.17, 15) is 4.79 Å². The number of carbonyl (C=O) groups excluding carboxylic acids is 1. The highest BCUT2D eigenvalue weighted by molar-refractivity contribution is 6.34. The molecule has 0 amide bonds. The van der Waals surface area contributed by atoms with Crippen molar-refractivity contribution in [3.63, 3.8) is 0 Å². The predicted octanol–water partition coefficient (Wildman–Crippen LogP) is 3.85. The molecule has 5 heteroatoms. The molecule has 21 heavy (non-hydrogen) atoms. The average molecular weight is 307 g/mol. The Hall–Kier alpha value is -2.20. The number of aldehydes is 1. The average Bonchev–Trinajstić information content (AvgIpc) is 2.53. The Kier molecular flexibility index (Phi) is 4.70. The minimum absolute atomic E-state index is 0.390. The molecule has 2 rings (SSSR count). The van der Waals surface area contributed by atoms with Crippen LogP contribution in [0, 0.1) is 0 Å². The van der Waals surface area contributed by atoms with Gasteiger partial charge in [-0.3, -0.25) is 4.79 Å². The second kappa shape index (κ2) is 6.50. The number of benzene rings is 2. The molecule has 0 aromatic heterocycles. The van der Waals surface area contributed by atoms with Crippen molar-refractivity contribution < 1.29 is 19.0 Å². The molecule has 0 heterocycles. The van der Waals surface area contributed by atoms with Crippen LogP contribution in [-0.4, -0.2) is 27.6 Å². The fraction of sp³-hybridized carbons (Fsp3) is 0.188. The van der Waals surface area contributed by atoms with E-state index in [-0.39, 0.29) is 0 Å². The molecule has 0 saturated heterocycles. The lowest BCUT2D eigenvalue weighted by molar-refractivity contribution is 0.112. The summed E-state index contributed by atoms with van der Waals surface area (Å²) in [6.45, 7) is 0. The molecule has 2 aromatic rings. The Morgan fingerprint density at radius 3 is 2.19 bits per heavy atom. The number of methoxy groups -OCH3 is 3. The minimum atomic E-state index is 0.390. The van der Waals surface area contributed by atoms with Crippen LogP contribution in [0.1, 0.15) is 10.4 Å². The molecule has 0 bridgehead atoms. The van der Waals surface area contributed by atoms with Gasteiger partial charge in [0.2, 0.25) is 0 Å². The highest BCUT2D eigenvalue weighted by Gasteiger charge is 2.15. The normalized spacial score (nSPS) is 10.1. The summed E-state index contributed by atoms with van der Waals surface area (Å²) >= 11 is 6.25. The fourth-order valence-corrected chi connectivity index (χ4v) is 2.44. The van der Waals surface area contributed by atoms with Crippen LogP contribution < -0.4 is 14.2 Å². The van der Waals surface area contributed by atoms with Gasteiger partial charge in [0.25, 0.3) is 0 Å². The molecule has 0 saturated carbocycles. The van der Waals surface area contributed by atoms with E-state index in [0.717, 1.165) is 17.4 Å². The molecule has 0 fully saturated rings. The van der Waals surface area contributed by atoms with E-state index < -0.39 is 0 Å². The first kappa shape index (κ1) is 15.2. The van der Waals surface area contributed by atoms with Crippen LogP contribution in [0.15, 0.2) is 30.3 Å². The third-order valence-corrected chi connectivity index (χ3v) is 3.51. The molecule has 0 radical (unpaired) electrons. The largest absolute Gasteiger partial charge is 0.496 e. The zero-order chi connectivity index (χ0) is 15.4. The molecule has 0 unspecified atom stereocenters. The van der Waals surface area contributed by atoms with Gasteiger partial charge in [0.05, 0.1) is 26.9 Å². The van der Waals surface area contributed by atoms with E-state index in [1.807, 2.05) is 12.1 Å². The molecule has 4 nitrogen and oxygen atoms in total. The van der Waals surface area contributed by atoms with Crippen LogP contribution in [0.5, 0.6) is 17.2 Å². The van der Waals surface area contributed by atoms with Crippen LogP contribution in [0.4, 0.5) is 0 Å². The number of hydrogen-bond acceptors (Lipinski definition) is 4. The molecule has 2 aromatic carbocycles. The highest BCUT2D eigenvalue weighted by Crippen LogP contribution is 2.42. The molecule has 0 aliphatic heterocycles. The number of ether oxygens (including phenoxy) is 3. The van der Waals surface area contributed by atoms with Crippen molar-refractivity contribution in [2.45, 2.75) is 0 Å².